The van der Waals surface area contributed by atoms with Crippen LogP contribution < -0.4 is 10.9 Å². The van der Waals surface area contributed by atoms with Crippen LogP contribution in [-0.4, -0.2) is 55.5 Å². The Balaban J connectivity index is 1.02. The van der Waals surface area contributed by atoms with Gasteiger partial charge in [-0.1, -0.05) is 18.2 Å². The fourth-order valence-electron chi connectivity index (χ4n) is 6.01. The summed E-state index contributed by atoms with van der Waals surface area (Å²) >= 11 is 0. The highest BCUT2D eigenvalue weighted by molar-refractivity contribution is 5.86. The Labute approximate surface area is 196 Å². The number of halogens is 1. The second kappa shape index (κ2) is 7.87. The van der Waals surface area contributed by atoms with E-state index in [1.807, 2.05) is 25.1 Å². The van der Waals surface area contributed by atoms with Crippen molar-refractivity contribution in [1.82, 2.24) is 29.3 Å². The predicted molar refractivity (Wildman–Crippen MR) is 128 cm³/mol. The number of benzene rings is 1. The zero-order chi connectivity index (χ0) is 23.4. The number of nitrogens with one attached hydrogen (secondary N) is 1. The number of hydrogen-bond acceptors (Lipinski definition) is 6. The van der Waals surface area contributed by atoms with Gasteiger partial charge in [-0.25, -0.2) is 9.07 Å². The smallest absolute Gasteiger partial charge is 0.274 e. The minimum absolute atomic E-state index is 0.0218. The van der Waals surface area contributed by atoms with E-state index in [1.54, 1.807) is 17.5 Å². The number of aromatic nitrogens is 5. The number of likely N-dealkylation sites (tertiary alicyclic amines) is 1. The number of pyridine rings is 1. The van der Waals surface area contributed by atoms with E-state index in [0.29, 0.717) is 29.2 Å². The highest BCUT2D eigenvalue weighted by Crippen LogP contribution is 2.52. The van der Waals surface area contributed by atoms with E-state index in [9.17, 15) is 9.18 Å². The van der Waals surface area contributed by atoms with Gasteiger partial charge in [-0.05, 0) is 43.1 Å². The molecule has 4 aromatic rings. The molecule has 3 aromatic heterocycles. The Bertz CT molecular complexity index is 1450. The van der Waals surface area contributed by atoms with Crippen molar-refractivity contribution in [2.75, 3.05) is 31.5 Å². The summed E-state index contributed by atoms with van der Waals surface area (Å²) in [6.45, 7) is 5.75. The summed E-state index contributed by atoms with van der Waals surface area (Å²) in [5, 5.41) is 17.4. The molecule has 1 spiro atoms. The number of hydrogen-bond donors (Lipinski definition) is 1. The summed E-state index contributed by atoms with van der Waals surface area (Å²) in [7, 11) is 1.74. The summed E-state index contributed by atoms with van der Waals surface area (Å²) in [5.74, 6) is 0.307. The van der Waals surface area contributed by atoms with Crippen molar-refractivity contribution >= 4 is 22.1 Å². The average Bonchev–Trinajstić information content (AvgIpc) is 3.20. The summed E-state index contributed by atoms with van der Waals surface area (Å²) < 4.78 is 17.3. The topological polar surface area (TPSA) is 80.3 Å². The van der Waals surface area contributed by atoms with Crippen molar-refractivity contribution in [3.63, 3.8) is 0 Å². The monoisotopic (exact) mass is 461 g/mol. The minimum Gasteiger partial charge on any atom is -0.381 e. The Morgan fingerprint density at radius 3 is 2.91 bits per heavy atom. The number of aryl methyl sites for hydroxylation is 2. The van der Waals surface area contributed by atoms with Gasteiger partial charge in [-0.2, -0.15) is 5.10 Å². The van der Waals surface area contributed by atoms with E-state index in [4.69, 9.17) is 0 Å². The van der Waals surface area contributed by atoms with Crippen molar-refractivity contribution in [2.24, 2.45) is 18.4 Å². The summed E-state index contributed by atoms with van der Waals surface area (Å²) in [6, 6.07) is 7.72. The first-order valence-electron chi connectivity index (χ1n) is 11.8. The lowest BCUT2D eigenvalue weighted by molar-refractivity contribution is -0.0918. The van der Waals surface area contributed by atoms with Crippen LogP contribution in [-0.2, 0) is 13.5 Å². The van der Waals surface area contributed by atoms with Gasteiger partial charge in [-0.3, -0.25) is 9.20 Å². The number of nitrogens with zero attached hydrogens (tertiary/aromatic N) is 6. The molecule has 9 heteroatoms. The van der Waals surface area contributed by atoms with E-state index in [2.05, 4.69) is 25.5 Å². The maximum atomic E-state index is 14.2. The van der Waals surface area contributed by atoms with E-state index in [1.165, 1.54) is 30.0 Å². The van der Waals surface area contributed by atoms with Gasteiger partial charge in [0.2, 0.25) is 0 Å². The third kappa shape index (κ3) is 3.55. The summed E-state index contributed by atoms with van der Waals surface area (Å²) in [4.78, 5) is 15.0. The van der Waals surface area contributed by atoms with Crippen LogP contribution in [0.25, 0.3) is 16.4 Å². The lowest BCUT2D eigenvalue weighted by atomic mass is 9.56. The van der Waals surface area contributed by atoms with Crippen LogP contribution in [0.4, 0.5) is 10.1 Å². The molecule has 1 aliphatic carbocycles. The molecule has 1 saturated heterocycles. The zero-order valence-corrected chi connectivity index (χ0v) is 19.5. The largest absolute Gasteiger partial charge is 0.381 e. The van der Waals surface area contributed by atoms with E-state index in [-0.39, 0.29) is 11.4 Å². The van der Waals surface area contributed by atoms with Gasteiger partial charge in [0.05, 0.1) is 16.8 Å². The fraction of sp³-hybridized carbons (Fsp3) is 0.440. The normalized spacial score (nSPS) is 17.9. The summed E-state index contributed by atoms with van der Waals surface area (Å²) in [5.41, 5.74) is 3.54. The van der Waals surface area contributed by atoms with Gasteiger partial charge >= 0.3 is 0 Å². The summed E-state index contributed by atoms with van der Waals surface area (Å²) in [6.07, 6.45) is 6.21. The molecule has 8 nitrogen and oxygen atoms in total. The molecule has 1 aromatic carbocycles. The Morgan fingerprint density at radius 2 is 2.09 bits per heavy atom. The predicted octanol–water partition coefficient (Wildman–Crippen LogP) is 2.79. The van der Waals surface area contributed by atoms with Gasteiger partial charge in [-0.15, -0.1) is 10.2 Å². The molecule has 34 heavy (non-hydrogen) atoms. The molecule has 0 bridgehead atoms. The van der Waals surface area contributed by atoms with Crippen LogP contribution in [0.2, 0.25) is 0 Å². The molecule has 2 fully saturated rings. The standard InChI is InChI=1S/C25H28FN7O/c1-16-4-3-5-18-20(30-31(2)24(34)23(16)18)8-17-10-25(11-17)13-32(14-25)7-6-27-21-9-22-29-28-15-33(22)12-19(21)26/h3-5,9,12,15,17,27H,6-8,10-11,13-14H2,1-2H3. The average molecular weight is 462 g/mol. The molecule has 0 radical (unpaired) electrons. The first-order chi connectivity index (χ1) is 16.4. The van der Waals surface area contributed by atoms with Crippen molar-refractivity contribution in [2.45, 2.75) is 26.2 Å². The van der Waals surface area contributed by atoms with Crippen LogP contribution in [0, 0.1) is 24.1 Å². The highest BCUT2D eigenvalue weighted by atomic mass is 19.1. The molecule has 0 amide bonds. The molecule has 4 heterocycles. The number of anilines is 1. The fourth-order valence-corrected chi connectivity index (χ4v) is 6.01. The van der Waals surface area contributed by atoms with Crippen LogP contribution in [0.1, 0.15) is 24.1 Å². The van der Waals surface area contributed by atoms with Crippen LogP contribution in [0.15, 0.2) is 41.6 Å². The van der Waals surface area contributed by atoms with Crippen molar-refractivity contribution in [1.29, 1.82) is 0 Å². The molecule has 1 aliphatic heterocycles. The SMILES string of the molecule is Cc1cccc2c(CC3CC4(C3)CN(CCNc3cc5nncn5cc3F)C4)nn(C)c(=O)c12. The van der Waals surface area contributed by atoms with Gasteiger partial charge in [0, 0.05) is 50.9 Å². The van der Waals surface area contributed by atoms with E-state index < -0.39 is 0 Å². The number of fused-ring (bicyclic) bond motifs is 2. The van der Waals surface area contributed by atoms with Crippen LogP contribution in [0.5, 0.6) is 0 Å². The molecule has 176 valence electrons. The van der Waals surface area contributed by atoms with Crippen molar-refractivity contribution in [3.8, 4) is 0 Å². The molecule has 1 N–H and O–H groups in total. The lowest BCUT2D eigenvalue weighted by Gasteiger charge is -2.59. The van der Waals surface area contributed by atoms with Crippen LogP contribution in [0.3, 0.4) is 0 Å². The minimum atomic E-state index is -0.302. The second-order valence-electron chi connectivity index (χ2n) is 10.1. The Kier molecular flexibility index (Phi) is 4.91. The van der Waals surface area contributed by atoms with Crippen molar-refractivity contribution in [3.05, 3.63) is 64.2 Å². The molecular formula is C25H28FN7O. The second-order valence-corrected chi connectivity index (χ2v) is 10.1. The lowest BCUT2D eigenvalue weighted by Crippen LogP contribution is -2.63. The van der Waals surface area contributed by atoms with Crippen LogP contribution >= 0.6 is 0 Å². The Morgan fingerprint density at radius 1 is 1.26 bits per heavy atom. The molecule has 1 saturated carbocycles. The third-order valence-electron chi connectivity index (χ3n) is 7.53. The molecule has 6 rings (SSSR count). The molecule has 0 atom stereocenters. The van der Waals surface area contributed by atoms with Gasteiger partial charge in [0.1, 0.15) is 6.33 Å². The highest BCUT2D eigenvalue weighted by Gasteiger charge is 2.51. The van der Waals surface area contributed by atoms with Gasteiger partial charge < -0.3 is 10.2 Å². The van der Waals surface area contributed by atoms with Gasteiger partial charge in [0.25, 0.3) is 5.56 Å². The van der Waals surface area contributed by atoms with E-state index in [0.717, 1.165) is 48.1 Å². The quantitative estimate of drug-likeness (QED) is 0.476. The maximum Gasteiger partial charge on any atom is 0.274 e. The first kappa shape index (κ1) is 21.2. The molecule has 2 aliphatic rings. The molecule has 0 unspecified atom stereocenters. The third-order valence-corrected chi connectivity index (χ3v) is 7.53. The number of rotatable bonds is 6. The van der Waals surface area contributed by atoms with Crippen molar-refractivity contribution < 1.29 is 4.39 Å². The zero-order valence-electron chi connectivity index (χ0n) is 19.5. The first-order valence-corrected chi connectivity index (χ1v) is 11.8. The molecular weight excluding hydrogens is 433 g/mol. The Hall–Kier alpha value is -3.33. The van der Waals surface area contributed by atoms with Gasteiger partial charge in [0.15, 0.2) is 11.5 Å². The maximum absolute atomic E-state index is 14.2. The van der Waals surface area contributed by atoms with E-state index >= 15 is 0 Å².